The van der Waals surface area contributed by atoms with Gasteiger partial charge in [-0.1, -0.05) is 0 Å². The Labute approximate surface area is 472 Å². The third-order valence-electron chi connectivity index (χ3n) is 15.4. The Balaban J connectivity index is 4.09. The minimum atomic E-state index is -2.31. The fraction of sp³-hybridized carbons (Fsp3) is 0.778. The summed E-state index contributed by atoms with van der Waals surface area (Å²) in [6, 6.07) is 12.1. The maximum atomic E-state index is 5.25. The molecular weight excluding hydrogens is 1290 g/mol. The molecule has 70 heavy (non-hydrogen) atoms. The maximum absolute atomic E-state index is 5.25. The molecule has 2 aromatic rings. The predicted octanol–water partition coefficient (Wildman–Crippen LogP) is 19.7. The van der Waals surface area contributed by atoms with Crippen LogP contribution in [0.3, 0.4) is 0 Å². The summed E-state index contributed by atoms with van der Waals surface area (Å²) in [5.41, 5.74) is 11.2. The van der Waals surface area contributed by atoms with Gasteiger partial charge in [0.05, 0.1) is 0 Å². The van der Waals surface area contributed by atoms with E-state index in [1.807, 2.05) is 31.0 Å². The van der Waals surface area contributed by atoms with Crippen LogP contribution in [0, 0.1) is 0 Å². The summed E-state index contributed by atoms with van der Waals surface area (Å²) in [6.07, 6.45) is 0. The Bertz CT molecular complexity index is 1850. The van der Waals surface area contributed by atoms with Gasteiger partial charge in [0.1, 0.15) is 0 Å². The van der Waals surface area contributed by atoms with Crippen molar-refractivity contribution in [3.63, 3.8) is 0 Å². The van der Waals surface area contributed by atoms with Crippen LogP contribution >= 0.6 is 28.0 Å². The number of rotatable bonds is 20. The van der Waals surface area contributed by atoms with Crippen LogP contribution in [-0.4, -0.2) is 117 Å². The first-order chi connectivity index (χ1) is 30.2. The van der Waals surface area contributed by atoms with Gasteiger partial charge in [-0.3, -0.25) is 0 Å². The summed E-state index contributed by atoms with van der Waals surface area (Å²) in [5, 5.41) is 4.32. The molecule has 0 aromatic heterocycles. The van der Waals surface area contributed by atoms with Gasteiger partial charge in [-0.2, -0.15) is 0 Å². The van der Waals surface area contributed by atoms with Crippen LogP contribution in [0.15, 0.2) is 24.3 Å². The molecule has 0 spiro atoms. The van der Waals surface area contributed by atoms with Gasteiger partial charge < -0.3 is 0 Å². The van der Waals surface area contributed by atoms with Crippen molar-refractivity contribution in [2.45, 2.75) is 267 Å². The summed E-state index contributed by atoms with van der Waals surface area (Å²) < 4.78 is 3.95. The molecule has 0 amide bonds. The minimum absolute atomic E-state index is 0.712. The van der Waals surface area contributed by atoms with E-state index in [0.29, 0.717) is 20.7 Å². The van der Waals surface area contributed by atoms with Gasteiger partial charge in [0.15, 0.2) is 0 Å². The molecule has 0 bridgehead atoms. The molecule has 16 heteroatoms. The second kappa shape index (κ2) is 22.6. The zero-order valence-electron chi connectivity index (χ0n) is 53.5. The first-order valence-electron chi connectivity index (χ1n) is 27.6. The van der Waals surface area contributed by atoms with Gasteiger partial charge in [-0.25, -0.2) is 0 Å². The second-order valence-electron chi connectivity index (χ2n) is 35.8. The molecule has 0 aliphatic carbocycles. The van der Waals surface area contributed by atoms with Crippen molar-refractivity contribution < 1.29 is 0 Å². The van der Waals surface area contributed by atoms with Crippen molar-refractivity contribution in [2.75, 3.05) is 0 Å². The third-order valence-corrected chi connectivity index (χ3v) is 126. The van der Waals surface area contributed by atoms with E-state index in [2.05, 4.69) is 260 Å². The Morgan fingerprint density at radius 2 is 0.343 bits per heavy atom. The molecule has 0 heterocycles. The molecule has 2 aromatic carbocycles. The number of hydrogen-bond acceptors (Lipinski definition) is 0. The van der Waals surface area contributed by atoms with Gasteiger partial charge in [0.25, 0.3) is 0 Å². The molecule has 0 atom stereocenters. The molecule has 0 unspecified atom stereocenters. The molecule has 0 N–H and O–H groups in total. The van der Waals surface area contributed by atoms with Crippen molar-refractivity contribution in [3.8, 4) is 0 Å². The molecule has 0 aliphatic rings. The summed E-state index contributed by atoms with van der Waals surface area (Å²) >= 11 is 10.5. The average Bonchev–Trinajstić information content (AvgIpc) is 2.95. The predicted molar refractivity (Wildman–Crippen MR) is 378 cm³/mol. The number of halogens is 2. The van der Waals surface area contributed by atoms with Crippen LogP contribution in [0.2, 0.25) is 236 Å². The molecule has 2 rings (SSSR count). The van der Waals surface area contributed by atoms with E-state index in [1.165, 1.54) is 0 Å². The summed E-state index contributed by atoms with van der Waals surface area (Å²) in [7, 11) is -24.8. The van der Waals surface area contributed by atoms with Gasteiger partial charge in [0.2, 0.25) is 0 Å². The van der Waals surface area contributed by atoms with Gasteiger partial charge in [-0.05, 0) is 0 Å². The van der Waals surface area contributed by atoms with Gasteiger partial charge in [0, 0.05) is 0 Å². The van der Waals surface area contributed by atoms with Crippen LogP contribution in [0.4, 0.5) is 0 Å². The molecule has 0 saturated carbocycles. The summed E-state index contributed by atoms with van der Waals surface area (Å²) in [5.74, 6) is 0. The fourth-order valence-electron chi connectivity index (χ4n) is 16.9. The number of hydrogen-bond donors (Lipinski definition) is 0. The van der Waals surface area contributed by atoms with Gasteiger partial charge in [-0.15, -0.1) is 0 Å². The Morgan fingerprint density at radius 3 is 0.443 bits per heavy atom. The van der Waals surface area contributed by atoms with Crippen LogP contribution in [0.25, 0.3) is 0 Å². The zero-order valence-corrected chi connectivity index (χ0v) is 72.9. The fourth-order valence-corrected chi connectivity index (χ4v) is 127. The van der Waals surface area contributed by atoms with E-state index >= 15 is 0 Å². The van der Waals surface area contributed by atoms with Crippen molar-refractivity contribution >= 4 is 154 Å². The Kier molecular flexibility index (Phi) is 22.3. The van der Waals surface area contributed by atoms with E-state index in [4.69, 9.17) is 28.0 Å². The third kappa shape index (κ3) is 17.1. The van der Waals surface area contributed by atoms with Crippen LogP contribution in [0.1, 0.15) is 64.4 Å². The van der Waals surface area contributed by atoms with Crippen molar-refractivity contribution in [1.29, 1.82) is 0 Å². The average molecular weight is 1410 g/mol. The van der Waals surface area contributed by atoms with Crippen molar-refractivity contribution in [1.82, 2.24) is 0 Å². The quantitative estimate of drug-likeness (QED) is 0.116. The van der Waals surface area contributed by atoms with E-state index in [9.17, 15) is 0 Å². The summed E-state index contributed by atoms with van der Waals surface area (Å²) in [6.45, 7) is 99.2. The molecule has 404 valence electrons. The van der Waals surface area contributed by atoms with E-state index < -0.39 is 117 Å². The van der Waals surface area contributed by atoms with Crippen LogP contribution in [0.5, 0.6) is 0 Å². The molecule has 0 saturated heterocycles. The van der Waals surface area contributed by atoms with Crippen LogP contribution < -0.4 is 8.79 Å². The number of benzene rings is 2. The SMILES string of the molecule is C[Si](C)(C)C(c1cc(C([Si](C)(C)C)[Si](C)(C)C)[c](/[Ge]([Br])=[Ge](\[Br])[c]2c(C([Si](C)(C)C)[Si](C)(C)C)cc(C([Si](C)(C)C)[Si](C)(C)C)cc2C([Si](C)(C)C)[Si](C)(C)C)c(C([Si](C)(C)C)[Si](C)(C)C)c1)[Si](C)(C)C. The first-order valence-corrected chi connectivity index (χ1v) is 89.0. The van der Waals surface area contributed by atoms with Crippen LogP contribution in [-0.2, 0) is 0 Å². The van der Waals surface area contributed by atoms with Gasteiger partial charge >= 0.3 is 478 Å². The normalized spacial score (nSPS) is 15.7. The summed E-state index contributed by atoms with van der Waals surface area (Å²) in [4.78, 5) is 0. The van der Waals surface area contributed by atoms with Crippen molar-refractivity contribution in [3.05, 3.63) is 57.6 Å². The standard InChI is InChI=1S/C54H118Br2Ge2Si12/c1-59(2,3)49(60(4,5)6)41-37-43(51(63(13,14)15)64(16,17)18)47(44(38-41)52(65(19,20)21)66(22,23)24)57(55)58(56)48-45(53(67(25,26)27)68(28,29)30)39-42(50(61(7,8)9)62(10,11)12)40-46(48)54(69(31,32)33)70(34,35)36/h37-40,49-54H,1-36H3/b58-57+. The topological polar surface area (TPSA) is 0 Å². The Hall–Kier alpha value is 3.09. The molecule has 0 nitrogen and oxygen atoms in total. The molecular formula is C54H118Br2Ge2Si12. The molecule has 0 radical (unpaired) electrons. The molecule has 0 aliphatic heterocycles. The monoisotopic (exact) mass is 1410 g/mol. The Morgan fingerprint density at radius 1 is 0.229 bits per heavy atom. The van der Waals surface area contributed by atoms with E-state index in [1.54, 1.807) is 11.1 Å². The van der Waals surface area contributed by atoms with E-state index in [0.717, 1.165) is 10.3 Å². The molecule has 0 fully saturated rings. The van der Waals surface area contributed by atoms with Crippen molar-refractivity contribution in [2.24, 2.45) is 0 Å². The second-order valence-corrected chi connectivity index (χ2v) is 143. The zero-order chi connectivity index (χ0) is 56.1. The first kappa shape index (κ1) is 69.2. The van der Waals surface area contributed by atoms with E-state index in [-0.39, 0.29) is 0 Å².